The third-order valence-corrected chi connectivity index (χ3v) is 2.41. The van der Waals surface area contributed by atoms with Gasteiger partial charge in [0, 0.05) is 12.1 Å². The summed E-state index contributed by atoms with van der Waals surface area (Å²) in [6, 6.07) is 1.72. The zero-order chi connectivity index (χ0) is 8.85. The molecule has 0 aliphatic heterocycles. The lowest BCUT2D eigenvalue weighted by Gasteiger charge is -2.22. The zero-order valence-corrected chi connectivity index (χ0v) is 8.72. The fourth-order valence-corrected chi connectivity index (χ4v) is 1.13. The van der Waals surface area contributed by atoms with Crippen molar-refractivity contribution in [1.82, 2.24) is 4.90 Å². The summed E-state index contributed by atoms with van der Waals surface area (Å²) in [5.74, 6) is 0. The molecule has 1 saturated carbocycles. The summed E-state index contributed by atoms with van der Waals surface area (Å²) in [5.41, 5.74) is 0. The molecule has 0 aromatic rings. The van der Waals surface area contributed by atoms with E-state index in [0.29, 0.717) is 0 Å². The highest BCUT2D eigenvalue weighted by Gasteiger charge is 2.27. The Balaban J connectivity index is 0.000000461. The van der Waals surface area contributed by atoms with E-state index in [9.17, 15) is 0 Å². The van der Waals surface area contributed by atoms with E-state index in [-0.39, 0.29) is 0 Å². The Hall–Kier alpha value is -0.0400. The van der Waals surface area contributed by atoms with Crippen molar-refractivity contribution in [2.75, 3.05) is 7.05 Å². The van der Waals surface area contributed by atoms with Crippen LogP contribution in [0, 0.1) is 0 Å². The van der Waals surface area contributed by atoms with E-state index in [1.165, 1.54) is 19.3 Å². The molecule has 1 heteroatoms. The number of hydrogen-bond acceptors (Lipinski definition) is 1. The van der Waals surface area contributed by atoms with Crippen molar-refractivity contribution < 1.29 is 0 Å². The first-order valence-electron chi connectivity index (χ1n) is 4.97. The van der Waals surface area contributed by atoms with Crippen LogP contribution in [-0.4, -0.2) is 24.0 Å². The summed E-state index contributed by atoms with van der Waals surface area (Å²) in [4.78, 5) is 2.50. The van der Waals surface area contributed by atoms with Gasteiger partial charge >= 0.3 is 0 Å². The Morgan fingerprint density at radius 1 is 1.36 bits per heavy atom. The SMILES string of the molecule is CC.CCC(C)N(C)C1CC1. The Kier molecular flexibility index (Phi) is 5.57. The number of hydrogen-bond donors (Lipinski definition) is 0. The summed E-state index contributed by atoms with van der Waals surface area (Å²) < 4.78 is 0. The van der Waals surface area contributed by atoms with Crippen LogP contribution in [0.2, 0.25) is 0 Å². The lowest BCUT2D eigenvalue weighted by atomic mass is 10.2. The van der Waals surface area contributed by atoms with Crippen LogP contribution in [0.15, 0.2) is 0 Å². The average Bonchev–Trinajstić information content (AvgIpc) is 2.88. The van der Waals surface area contributed by atoms with Gasteiger partial charge < -0.3 is 4.90 Å². The monoisotopic (exact) mass is 157 g/mol. The van der Waals surface area contributed by atoms with E-state index in [1.54, 1.807) is 0 Å². The van der Waals surface area contributed by atoms with E-state index < -0.39 is 0 Å². The molecule has 11 heavy (non-hydrogen) atoms. The molecule has 0 saturated heterocycles. The van der Waals surface area contributed by atoms with Crippen LogP contribution in [0.25, 0.3) is 0 Å². The maximum Gasteiger partial charge on any atom is 0.00961 e. The van der Waals surface area contributed by atoms with Crippen molar-refractivity contribution in [1.29, 1.82) is 0 Å². The normalized spacial score (nSPS) is 19.1. The molecule has 1 atom stereocenters. The molecular weight excluding hydrogens is 134 g/mol. The fraction of sp³-hybridized carbons (Fsp3) is 1.00. The maximum atomic E-state index is 2.50. The topological polar surface area (TPSA) is 3.24 Å². The standard InChI is InChI=1S/C8H17N.C2H6/c1-4-7(2)9(3)8-5-6-8;1-2/h7-8H,4-6H2,1-3H3;1-2H3. The van der Waals surface area contributed by atoms with Crippen molar-refractivity contribution >= 4 is 0 Å². The van der Waals surface area contributed by atoms with Gasteiger partial charge in [-0.25, -0.2) is 0 Å². The van der Waals surface area contributed by atoms with Crippen LogP contribution in [0.3, 0.4) is 0 Å². The Morgan fingerprint density at radius 2 is 1.82 bits per heavy atom. The minimum Gasteiger partial charge on any atom is -0.301 e. The van der Waals surface area contributed by atoms with Gasteiger partial charge in [0.2, 0.25) is 0 Å². The smallest absolute Gasteiger partial charge is 0.00961 e. The molecular formula is C10H23N. The number of rotatable bonds is 3. The highest BCUT2D eigenvalue weighted by molar-refractivity contribution is 4.84. The molecule has 1 unspecified atom stereocenters. The third kappa shape index (κ3) is 3.76. The molecule has 0 N–H and O–H groups in total. The molecule has 1 aliphatic rings. The summed E-state index contributed by atoms with van der Waals surface area (Å²) in [5, 5.41) is 0. The highest BCUT2D eigenvalue weighted by atomic mass is 15.2. The molecule has 68 valence electrons. The minimum atomic E-state index is 0.789. The lowest BCUT2D eigenvalue weighted by Crippen LogP contribution is -2.30. The summed E-state index contributed by atoms with van der Waals surface area (Å²) in [6.07, 6.45) is 4.15. The summed E-state index contributed by atoms with van der Waals surface area (Å²) >= 11 is 0. The molecule has 0 spiro atoms. The Labute approximate surface area is 71.8 Å². The molecule has 1 nitrogen and oxygen atoms in total. The predicted molar refractivity (Wildman–Crippen MR) is 51.9 cm³/mol. The maximum absolute atomic E-state index is 2.50. The molecule has 1 rings (SSSR count). The van der Waals surface area contributed by atoms with Crippen LogP contribution in [-0.2, 0) is 0 Å². The van der Waals surface area contributed by atoms with E-state index in [1.807, 2.05) is 13.8 Å². The van der Waals surface area contributed by atoms with E-state index in [2.05, 4.69) is 25.8 Å². The molecule has 0 amide bonds. The molecule has 0 radical (unpaired) electrons. The van der Waals surface area contributed by atoms with Gasteiger partial charge in [0.15, 0.2) is 0 Å². The van der Waals surface area contributed by atoms with Crippen LogP contribution < -0.4 is 0 Å². The molecule has 1 aliphatic carbocycles. The van der Waals surface area contributed by atoms with E-state index in [4.69, 9.17) is 0 Å². The van der Waals surface area contributed by atoms with Gasteiger partial charge in [0.05, 0.1) is 0 Å². The van der Waals surface area contributed by atoms with E-state index in [0.717, 1.165) is 12.1 Å². The first-order valence-corrected chi connectivity index (χ1v) is 4.97. The first kappa shape index (κ1) is 11.0. The Morgan fingerprint density at radius 3 is 2.09 bits per heavy atom. The van der Waals surface area contributed by atoms with Crippen LogP contribution in [0.1, 0.15) is 47.0 Å². The van der Waals surface area contributed by atoms with Crippen LogP contribution >= 0.6 is 0 Å². The van der Waals surface area contributed by atoms with Gasteiger partial charge in [-0.2, -0.15) is 0 Å². The largest absolute Gasteiger partial charge is 0.301 e. The van der Waals surface area contributed by atoms with Gasteiger partial charge in [0.1, 0.15) is 0 Å². The van der Waals surface area contributed by atoms with Gasteiger partial charge in [-0.3, -0.25) is 0 Å². The second-order valence-electron chi connectivity index (χ2n) is 3.15. The third-order valence-electron chi connectivity index (χ3n) is 2.41. The molecule has 1 fully saturated rings. The summed E-state index contributed by atoms with van der Waals surface area (Å²) in [7, 11) is 2.24. The van der Waals surface area contributed by atoms with Crippen molar-refractivity contribution in [2.45, 2.75) is 59.0 Å². The molecule has 0 heterocycles. The number of nitrogens with zero attached hydrogens (tertiary/aromatic N) is 1. The van der Waals surface area contributed by atoms with Gasteiger partial charge in [0.25, 0.3) is 0 Å². The molecule has 0 bridgehead atoms. The zero-order valence-electron chi connectivity index (χ0n) is 8.72. The summed E-state index contributed by atoms with van der Waals surface area (Å²) in [6.45, 7) is 8.56. The van der Waals surface area contributed by atoms with Gasteiger partial charge in [-0.05, 0) is 33.2 Å². The highest BCUT2D eigenvalue weighted by Crippen LogP contribution is 2.27. The van der Waals surface area contributed by atoms with E-state index >= 15 is 0 Å². The second-order valence-corrected chi connectivity index (χ2v) is 3.15. The predicted octanol–water partition coefficient (Wildman–Crippen LogP) is 2.91. The fourth-order valence-electron chi connectivity index (χ4n) is 1.13. The van der Waals surface area contributed by atoms with Gasteiger partial charge in [-0.1, -0.05) is 20.8 Å². The minimum absolute atomic E-state index is 0.789. The Bertz CT molecular complexity index is 86.9. The van der Waals surface area contributed by atoms with Crippen LogP contribution in [0.5, 0.6) is 0 Å². The van der Waals surface area contributed by atoms with Crippen molar-refractivity contribution in [3.63, 3.8) is 0 Å². The quantitative estimate of drug-likeness (QED) is 0.609. The first-order chi connectivity index (χ1) is 5.25. The van der Waals surface area contributed by atoms with Crippen molar-refractivity contribution in [3.8, 4) is 0 Å². The van der Waals surface area contributed by atoms with Crippen molar-refractivity contribution in [2.24, 2.45) is 0 Å². The molecule has 0 aromatic heterocycles. The van der Waals surface area contributed by atoms with Crippen LogP contribution in [0.4, 0.5) is 0 Å². The van der Waals surface area contributed by atoms with Crippen molar-refractivity contribution in [3.05, 3.63) is 0 Å². The van der Waals surface area contributed by atoms with Gasteiger partial charge in [-0.15, -0.1) is 0 Å². The lowest BCUT2D eigenvalue weighted by molar-refractivity contribution is 0.242. The second kappa shape index (κ2) is 5.59. The average molecular weight is 157 g/mol. The molecule has 0 aromatic carbocycles.